The van der Waals surface area contributed by atoms with E-state index in [4.69, 9.17) is 12.2 Å². The van der Waals surface area contributed by atoms with E-state index in [9.17, 15) is 20.0 Å². The van der Waals surface area contributed by atoms with Crippen molar-refractivity contribution in [2.45, 2.75) is 19.9 Å². The summed E-state index contributed by atoms with van der Waals surface area (Å²) in [5.74, 6) is -0.361. The number of phenols is 1. The average molecular weight is 307 g/mol. The lowest BCUT2D eigenvalue weighted by molar-refractivity contribution is -0.385. The summed E-state index contributed by atoms with van der Waals surface area (Å²) in [6.45, 7) is 3.07. The summed E-state index contributed by atoms with van der Waals surface area (Å²) in [6, 6.07) is 2.93. The Hall–Kier alpha value is -2.48. The molecular weight excluding hydrogens is 294 g/mol. The second-order valence-corrected chi connectivity index (χ2v) is 5.03. The van der Waals surface area contributed by atoms with Gasteiger partial charge in [-0.1, -0.05) is 0 Å². The van der Waals surface area contributed by atoms with E-state index in [-0.39, 0.29) is 27.9 Å². The van der Waals surface area contributed by atoms with Crippen molar-refractivity contribution in [1.29, 1.82) is 0 Å². The van der Waals surface area contributed by atoms with Gasteiger partial charge in [0.1, 0.15) is 5.75 Å². The largest absolute Gasteiger partial charge is 0.508 e. The molecule has 1 aromatic carbocycles. The van der Waals surface area contributed by atoms with E-state index in [1.165, 1.54) is 25.1 Å². The van der Waals surface area contributed by atoms with Crippen LogP contribution in [-0.2, 0) is 4.79 Å². The Balaban J connectivity index is 2.60. The molecule has 7 nitrogen and oxygen atoms in total. The molecule has 8 heteroatoms. The number of hydrogen-bond donors (Lipinski definition) is 3. The highest BCUT2D eigenvalue weighted by Crippen LogP contribution is 2.34. The van der Waals surface area contributed by atoms with E-state index in [2.05, 4.69) is 10.6 Å². The maximum Gasteiger partial charge on any atom is 0.270 e. The maximum absolute atomic E-state index is 11.8. The minimum Gasteiger partial charge on any atom is -0.508 e. The molecule has 21 heavy (non-hydrogen) atoms. The minimum absolute atomic E-state index is 0.144. The van der Waals surface area contributed by atoms with Crippen LogP contribution in [0.3, 0.4) is 0 Å². The summed E-state index contributed by atoms with van der Waals surface area (Å²) in [4.78, 5) is 22.1. The molecule has 0 radical (unpaired) electrons. The molecule has 0 spiro atoms. The summed E-state index contributed by atoms with van der Waals surface area (Å²) >= 11 is 5.04. The number of nitro groups is 1. The van der Waals surface area contributed by atoms with Gasteiger partial charge in [0.15, 0.2) is 10.9 Å². The van der Waals surface area contributed by atoms with Crippen LogP contribution < -0.4 is 10.6 Å². The number of aromatic hydroxyl groups is 1. The van der Waals surface area contributed by atoms with Crippen LogP contribution in [-0.4, -0.2) is 20.9 Å². The van der Waals surface area contributed by atoms with Crippen LogP contribution in [0.25, 0.3) is 0 Å². The van der Waals surface area contributed by atoms with E-state index in [1.807, 2.05) is 0 Å². The van der Waals surface area contributed by atoms with Gasteiger partial charge in [0.05, 0.1) is 11.0 Å². The number of phenolic OH excluding ortho intramolecular Hbond substituents is 1. The number of ketones is 1. The number of hydrogen-bond acceptors (Lipinski definition) is 5. The molecule has 3 N–H and O–H groups in total. The molecule has 1 atom stereocenters. The summed E-state index contributed by atoms with van der Waals surface area (Å²) < 4.78 is 0. The molecule has 0 amide bonds. The SMILES string of the molecule is CC(=O)C1=C(C)NC(=S)N[C@H]1c1cc([N+](=O)[O-])ccc1O. The van der Waals surface area contributed by atoms with Crippen LogP contribution >= 0.6 is 12.2 Å². The molecule has 1 heterocycles. The Kier molecular flexibility index (Phi) is 3.90. The smallest absolute Gasteiger partial charge is 0.270 e. The first-order valence-electron chi connectivity index (χ1n) is 6.07. The van der Waals surface area contributed by atoms with Crippen molar-refractivity contribution in [3.63, 3.8) is 0 Å². The van der Waals surface area contributed by atoms with Crippen molar-refractivity contribution in [3.8, 4) is 5.75 Å². The van der Waals surface area contributed by atoms with E-state index in [0.29, 0.717) is 11.3 Å². The number of rotatable bonds is 3. The molecule has 0 aliphatic carbocycles. The first-order chi connectivity index (χ1) is 9.81. The molecule has 1 aliphatic rings. The molecule has 0 fully saturated rings. The molecule has 2 rings (SSSR count). The van der Waals surface area contributed by atoms with Gasteiger partial charge in [-0.05, 0) is 32.1 Å². The monoisotopic (exact) mass is 307 g/mol. The fourth-order valence-electron chi connectivity index (χ4n) is 2.28. The molecule has 1 aromatic rings. The molecule has 110 valence electrons. The van der Waals surface area contributed by atoms with Crippen molar-refractivity contribution in [1.82, 2.24) is 10.6 Å². The minimum atomic E-state index is -0.726. The Morgan fingerprint density at radius 2 is 2.14 bits per heavy atom. The Bertz CT molecular complexity index is 684. The molecule has 0 saturated carbocycles. The standard InChI is InChI=1S/C13H13N3O4S/c1-6-11(7(2)17)12(15-13(21)14-6)9-5-8(16(19)20)3-4-10(9)18/h3-5,12,18H,1-2H3,(H2,14,15,21)/t12-/m0/s1. The average Bonchev–Trinajstić information content (AvgIpc) is 2.37. The van der Waals surface area contributed by atoms with Crippen LogP contribution in [0.5, 0.6) is 5.75 Å². The molecule has 0 aromatic heterocycles. The van der Waals surface area contributed by atoms with E-state index in [0.717, 1.165) is 0 Å². The number of nitrogens with one attached hydrogen (secondary N) is 2. The van der Waals surface area contributed by atoms with Gasteiger partial charge < -0.3 is 15.7 Å². The zero-order valence-corrected chi connectivity index (χ0v) is 12.2. The van der Waals surface area contributed by atoms with Gasteiger partial charge in [-0.25, -0.2) is 0 Å². The lowest BCUT2D eigenvalue weighted by Gasteiger charge is -2.30. The fraction of sp³-hybridized carbons (Fsp3) is 0.231. The second-order valence-electron chi connectivity index (χ2n) is 4.63. The number of carbonyl (C=O) groups excluding carboxylic acids is 1. The zero-order valence-electron chi connectivity index (χ0n) is 11.3. The summed E-state index contributed by atoms with van der Waals surface area (Å²) in [7, 11) is 0. The van der Waals surface area contributed by atoms with Gasteiger partial charge in [0, 0.05) is 29.0 Å². The number of thiocarbonyl (C=S) groups is 1. The number of benzene rings is 1. The maximum atomic E-state index is 11.8. The highest BCUT2D eigenvalue weighted by atomic mass is 32.1. The normalized spacial score (nSPS) is 18.0. The second kappa shape index (κ2) is 5.49. The zero-order chi connectivity index (χ0) is 15.7. The number of nitro benzene ring substituents is 1. The quantitative estimate of drug-likeness (QED) is 0.443. The summed E-state index contributed by atoms with van der Waals surface area (Å²) in [6.07, 6.45) is 0. The number of allylic oxidation sites excluding steroid dienone is 1. The first kappa shape index (κ1) is 14.9. The van der Waals surface area contributed by atoms with Crippen LogP contribution in [0.2, 0.25) is 0 Å². The van der Waals surface area contributed by atoms with Gasteiger partial charge in [0.25, 0.3) is 5.69 Å². The van der Waals surface area contributed by atoms with E-state index >= 15 is 0 Å². The van der Waals surface area contributed by atoms with E-state index in [1.54, 1.807) is 6.92 Å². The molecule has 0 bridgehead atoms. The van der Waals surface area contributed by atoms with Crippen molar-refractivity contribution >= 4 is 28.8 Å². The van der Waals surface area contributed by atoms with Gasteiger partial charge in [-0.3, -0.25) is 14.9 Å². The highest BCUT2D eigenvalue weighted by molar-refractivity contribution is 7.80. The lowest BCUT2D eigenvalue weighted by Crippen LogP contribution is -2.44. The molecular formula is C13H13N3O4S. The predicted octanol–water partition coefficient (Wildman–Crippen LogP) is 1.68. The third-order valence-electron chi connectivity index (χ3n) is 3.18. The summed E-state index contributed by atoms with van der Waals surface area (Å²) in [5, 5.41) is 26.8. The van der Waals surface area contributed by atoms with Crippen molar-refractivity contribution < 1.29 is 14.8 Å². The number of nitrogens with zero attached hydrogens (tertiary/aromatic N) is 1. The van der Waals surface area contributed by atoms with Crippen LogP contribution in [0.15, 0.2) is 29.5 Å². The van der Waals surface area contributed by atoms with Crippen LogP contribution in [0.1, 0.15) is 25.5 Å². The number of non-ortho nitro benzene ring substituents is 1. The van der Waals surface area contributed by atoms with Crippen molar-refractivity contribution in [2.75, 3.05) is 0 Å². The Morgan fingerprint density at radius 3 is 2.71 bits per heavy atom. The molecule has 0 saturated heterocycles. The predicted molar refractivity (Wildman–Crippen MR) is 79.8 cm³/mol. The van der Waals surface area contributed by atoms with Crippen molar-refractivity contribution in [2.24, 2.45) is 0 Å². The van der Waals surface area contributed by atoms with Gasteiger partial charge in [0.2, 0.25) is 0 Å². The number of carbonyl (C=O) groups is 1. The van der Waals surface area contributed by atoms with Gasteiger partial charge >= 0.3 is 0 Å². The van der Waals surface area contributed by atoms with E-state index < -0.39 is 11.0 Å². The number of Topliss-reactive ketones (excluding diaryl/α,β-unsaturated/α-hetero) is 1. The first-order valence-corrected chi connectivity index (χ1v) is 6.48. The topological polar surface area (TPSA) is 104 Å². The van der Waals surface area contributed by atoms with Gasteiger partial charge in [-0.2, -0.15) is 0 Å². The van der Waals surface area contributed by atoms with Gasteiger partial charge in [-0.15, -0.1) is 0 Å². The third kappa shape index (κ3) is 2.84. The molecule has 0 unspecified atom stereocenters. The lowest BCUT2D eigenvalue weighted by atomic mass is 9.92. The molecule has 1 aliphatic heterocycles. The van der Waals surface area contributed by atoms with Crippen LogP contribution in [0, 0.1) is 10.1 Å². The Labute approximate surface area is 125 Å². The fourth-order valence-corrected chi connectivity index (χ4v) is 2.55. The highest BCUT2D eigenvalue weighted by Gasteiger charge is 2.30. The summed E-state index contributed by atoms with van der Waals surface area (Å²) in [5.41, 5.74) is 0.994. The van der Waals surface area contributed by atoms with Crippen LogP contribution in [0.4, 0.5) is 5.69 Å². The third-order valence-corrected chi connectivity index (χ3v) is 3.40. The Morgan fingerprint density at radius 1 is 1.48 bits per heavy atom. The van der Waals surface area contributed by atoms with Crippen molar-refractivity contribution in [3.05, 3.63) is 45.1 Å².